The molecule has 2 atom stereocenters. The highest BCUT2D eigenvalue weighted by atomic mass is 16.6. The second-order valence-electron chi connectivity index (χ2n) is 7.14. The first kappa shape index (κ1) is 19.9. The molecule has 1 amide bonds. The van der Waals surface area contributed by atoms with Gasteiger partial charge in [-0.3, -0.25) is 4.79 Å². The van der Waals surface area contributed by atoms with E-state index in [-0.39, 0.29) is 12.5 Å². The number of esters is 1. The number of para-hydroxylation sites is 2. The van der Waals surface area contributed by atoms with E-state index in [1.165, 1.54) is 4.90 Å². The van der Waals surface area contributed by atoms with Crippen LogP contribution in [0.2, 0.25) is 0 Å². The molecule has 0 aromatic heterocycles. The van der Waals surface area contributed by atoms with Gasteiger partial charge >= 0.3 is 5.97 Å². The lowest BCUT2D eigenvalue weighted by molar-refractivity contribution is -0.162. The second kappa shape index (κ2) is 8.52. The predicted molar refractivity (Wildman–Crippen MR) is 106 cm³/mol. The molecule has 0 radical (unpaired) electrons. The van der Waals surface area contributed by atoms with Crippen molar-refractivity contribution in [2.45, 2.75) is 25.7 Å². The van der Waals surface area contributed by atoms with Crippen LogP contribution in [0.15, 0.2) is 42.5 Å². The Kier molecular flexibility index (Phi) is 5.65. The minimum Gasteiger partial charge on any atom is -0.486 e. The normalized spacial score (nSPS) is 19.0. The van der Waals surface area contributed by atoms with Crippen molar-refractivity contribution in [1.29, 1.82) is 0 Å². The summed E-state index contributed by atoms with van der Waals surface area (Å²) in [6.07, 6.45) is -1.46. The fourth-order valence-electron chi connectivity index (χ4n) is 3.25. The van der Waals surface area contributed by atoms with Crippen LogP contribution in [0, 0.1) is 0 Å². The summed E-state index contributed by atoms with van der Waals surface area (Å²) in [6, 6.07) is 12.6. The lowest BCUT2D eigenvalue weighted by atomic mass is 10.2. The van der Waals surface area contributed by atoms with Crippen molar-refractivity contribution in [2.24, 2.45) is 0 Å². The van der Waals surface area contributed by atoms with E-state index in [4.69, 9.17) is 23.7 Å². The van der Waals surface area contributed by atoms with Gasteiger partial charge in [0.15, 0.2) is 29.6 Å². The number of nitrogens with zero attached hydrogens (tertiary/aromatic N) is 1. The molecule has 0 N–H and O–H groups in total. The third-order valence-corrected chi connectivity index (χ3v) is 4.86. The van der Waals surface area contributed by atoms with Crippen LogP contribution in [0.3, 0.4) is 0 Å². The van der Waals surface area contributed by atoms with E-state index in [0.29, 0.717) is 42.8 Å². The molecule has 0 saturated heterocycles. The molecule has 2 aliphatic heterocycles. The Morgan fingerprint density at radius 2 is 1.70 bits per heavy atom. The molecule has 158 valence electrons. The van der Waals surface area contributed by atoms with Crippen LogP contribution in [0.4, 0.5) is 0 Å². The molecule has 30 heavy (non-hydrogen) atoms. The Morgan fingerprint density at radius 3 is 2.47 bits per heavy atom. The smallest absolute Gasteiger partial charge is 0.351 e. The first-order valence-electron chi connectivity index (χ1n) is 9.73. The molecule has 0 aliphatic carbocycles. The van der Waals surface area contributed by atoms with Crippen LogP contribution in [-0.2, 0) is 20.9 Å². The van der Waals surface area contributed by atoms with Crippen molar-refractivity contribution in [1.82, 2.24) is 4.90 Å². The van der Waals surface area contributed by atoms with Crippen LogP contribution in [0.1, 0.15) is 12.5 Å². The molecule has 2 aromatic rings. The highest BCUT2D eigenvalue weighted by Gasteiger charge is 2.35. The van der Waals surface area contributed by atoms with E-state index >= 15 is 0 Å². The van der Waals surface area contributed by atoms with Crippen molar-refractivity contribution in [2.75, 3.05) is 26.9 Å². The molecule has 0 fully saturated rings. The van der Waals surface area contributed by atoms with Gasteiger partial charge in [-0.25, -0.2) is 4.79 Å². The average molecular weight is 413 g/mol. The summed E-state index contributed by atoms with van der Waals surface area (Å²) in [5.74, 6) is 1.43. The zero-order valence-corrected chi connectivity index (χ0v) is 16.8. The van der Waals surface area contributed by atoms with Crippen molar-refractivity contribution in [3.63, 3.8) is 0 Å². The summed E-state index contributed by atoms with van der Waals surface area (Å²) in [4.78, 5) is 26.3. The Morgan fingerprint density at radius 1 is 1.00 bits per heavy atom. The van der Waals surface area contributed by atoms with Crippen molar-refractivity contribution >= 4 is 11.9 Å². The first-order valence-corrected chi connectivity index (χ1v) is 9.73. The van der Waals surface area contributed by atoms with Crippen molar-refractivity contribution < 1.29 is 33.3 Å². The number of ether oxygens (including phenoxy) is 5. The number of fused-ring (bicyclic) bond motifs is 2. The topological polar surface area (TPSA) is 83.5 Å². The highest BCUT2D eigenvalue weighted by molar-refractivity contribution is 5.82. The molecule has 8 heteroatoms. The third kappa shape index (κ3) is 4.27. The van der Waals surface area contributed by atoms with Crippen molar-refractivity contribution in [3.8, 4) is 23.0 Å². The van der Waals surface area contributed by atoms with Gasteiger partial charge in [-0.15, -0.1) is 0 Å². The van der Waals surface area contributed by atoms with Gasteiger partial charge in [0, 0.05) is 13.6 Å². The van der Waals surface area contributed by atoms with Crippen molar-refractivity contribution in [3.05, 3.63) is 48.0 Å². The number of carbonyl (C=O) groups excluding carboxylic acids is 2. The molecular weight excluding hydrogens is 390 g/mol. The number of benzene rings is 2. The molecule has 2 heterocycles. The fraction of sp³-hybridized carbons (Fsp3) is 0.364. The second-order valence-corrected chi connectivity index (χ2v) is 7.14. The summed E-state index contributed by atoms with van der Waals surface area (Å²) in [5.41, 5.74) is 0.885. The van der Waals surface area contributed by atoms with Crippen LogP contribution < -0.4 is 18.9 Å². The van der Waals surface area contributed by atoms with Gasteiger partial charge in [0.05, 0.1) is 0 Å². The molecule has 4 rings (SSSR count). The van der Waals surface area contributed by atoms with E-state index in [0.717, 1.165) is 5.56 Å². The first-order chi connectivity index (χ1) is 14.5. The van der Waals surface area contributed by atoms with E-state index < -0.39 is 18.2 Å². The summed E-state index contributed by atoms with van der Waals surface area (Å²) in [5, 5.41) is 0. The molecule has 0 unspecified atom stereocenters. The van der Waals surface area contributed by atoms with Gasteiger partial charge < -0.3 is 28.6 Å². The van der Waals surface area contributed by atoms with Gasteiger partial charge in [0.25, 0.3) is 5.91 Å². The molecular formula is C22H23NO7. The fourth-order valence-corrected chi connectivity index (χ4v) is 3.25. The number of likely N-dealkylation sites (N-methyl/N-ethyl adjacent to an activating group) is 1. The average Bonchev–Trinajstić information content (AvgIpc) is 2.76. The Bertz CT molecular complexity index is 945. The SMILES string of the molecule is C[C@H]1Oc2ccccc2O[C@H]1C(=O)OCC(=O)N(C)Cc1ccc2c(c1)OCCO2. The van der Waals surface area contributed by atoms with Crippen LogP contribution in [0.5, 0.6) is 23.0 Å². The van der Waals surface area contributed by atoms with Crippen LogP contribution in [-0.4, -0.2) is 55.9 Å². The zero-order chi connectivity index (χ0) is 21.1. The number of carbonyl (C=O) groups is 2. The lowest BCUT2D eigenvalue weighted by Gasteiger charge is -2.30. The summed E-state index contributed by atoms with van der Waals surface area (Å²) in [6.45, 7) is 2.71. The Hall–Kier alpha value is -3.42. The molecule has 0 bridgehead atoms. The van der Waals surface area contributed by atoms with Gasteiger partial charge in [-0.2, -0.15) is 0 Å². The van der Waals surface area contributed by atoms with E-state index in [2.05, 4.69) is 0 Å². The monoisotopic (exact) mass is 413 g/mol. The molecule has 0 saturated carbocycles. The van der Waals surface area contributed by atoms with Crippen LogP contribution >= 0.6 is 0 Å². The number of rotatable bonds is 5. The van der Waals surface area contributed by atoms with Gasteiger partial charge in [0.2, 0.25) is 6.10 Å². The number of hydrogen-bond acceptors (Lipinski definition) is 7. The minimum absolute atomic E-state index is 0.331. The predicted octanol–water partition coefficient (Wildman–Crippen LogP) is 2.19. The van der Waals surface area contributed by atoms with E-state index in [1.54, 1.807) is 32.2 Å². The summed E-state index contributed by atoms with van der Waals surface area (Å²) >= 11 is 0. The maximum atomic E-state index is 12.4. The molecule has 0 spiro atoms. The Balaban J connectivity index is 1.30. The standard InChI is InChI=1S/C22H23NO7/c1-14-21(30-18-6-4-3-5-17(18)29-14)22(25)28-13-20(24)23(2)12-15-7-8-16-19(11-15)27-10-9-26-16/h3-8,11,14,21H,9-10,12-13H2,1-2H3/t14-,21-/m1/s1. The quantitative estimate of drug-likeness (QED) is 0.695. The van der Waals surface area contributed by atoms with E-state index in [9.17, 15) is 9.59 Å². The minimum atomic E-state index is -0.934. The number of amides is 1. The highest BCUT2D eigenvalue weighted by Crippen LogP contribution is 2.34. The third-order valence-electron chi connectivity index (χ3n) is 4.86. The lowest BCUT2D eigenvalue weighted by Crippen LogP contribution is -2.45. The maximum Gasteiger partial charge on any atom is 0.351 e. The van der Waals surface area contributed by atoms with Gasteiger partial charge in [-0.1, -0.05) is 18.2 Å². The molecule has 8 nitrogen and oxygen atoms in total. The van der Waals surface area contributed by atoms with Crippen LogP contribution in [0.25, 0.3) is 0 Å². The molecule has 2 aromatic carbocycles. The van der Waals surface area contributed by atoms with Gasteiger partial charge in [-0.05, 0) is 36.8 Å². The largest absolute Gasteiger partial charge is 0.486 e. The maximum absolute atomic E-state index is 12.4. The summed E-state index contributed by atoms with van der Waals surface area (Å²) in [7, 11) is 1.64. The molecule has 2 aliphatic rings. The number of hydrogen-bond donors (Lipinski definition) is 0. The van der Waals surface area contributed by atoms with Gasteiger partial charge in [0.1, 0.15) is 19.3 Å². The zero-order valence-electron chi connectivity index (χ0n) is 16.8. The summed E-state index contributed by atoms with van der Waals surface area (Å²) < 4.78 is 27.7. The Labute approximate surface area is 174 Å². The van der Waals surface area contributed by atoms with E-state index in [1.807, 2.05) is 24.3 Å².